The van der Waals surface area contributed by atoms with Gasteiger partial charge in [0.05, 0.1) is 0 Å². The largest absolute Gasteiger partial charge is 1.00 e. The van der Waals surface area contributed by atoms with Crippen molar-refractivity contribution in [2.45, 2.75) is 26.7 Å². The second-order valence-electron chi connectivity index (χ2n) is 5.92. The third kappa shape index (κ3) is 4.88. The van der Waals surface area contributed by atoms with Crippen LogP contribution in [0.1, 0.15) is 37.0 Å². The van der Waals surface area contributed by atoms with Gasteiger partial charge in [-0.25, -0.2) is 0 Å². The van der Waals surface area contributed by atoms with Gasteiger partial charge in [0.2, 0.25) is 0 Å². The molecule has 0 nitrogen and oxygen atoms in total. The minimum absolute atomic E-state index is 0. The van der Waals surface area contributed by atoms with Crippen molar-refractivity contribution in [1.29, 1.82) is 0 Å². The molecule has 0 aromatic heterocycles. The first-order valence-electron chi connectivity index (χ1n) is 7.66. The van der Waals surface area contributed by atoms with Gasteiger partial charge >= 0.3 is 41.0 Å². The first-order valence-corrected chi connectivity index (χ1v) is 9.46. The van der Waals surface area contributed by atoms with Gasteiger partial charge in [0.25, 0.3) is 0 Å². The fourth-order valence-corrected chi connectivity index (χ4v) is 2.89. The van der Waals surface area contributed by atoms with Gasteiger partial charge in [-0.05, 0) is 18.4 Å². The number of halogens is 2. The van der Waals surface area contributed by atoms with E-state index >= 15 is 0 Å². The predicted molar refractivity (Wildman–Crippen MR) is 91.6 cm³/mol. The van der Waals surface area contributed by atoms with Crippen LogP contribution in [0.25, 0.3) is 16.7 Å². The maximum Gasteiger partial charge on any atom is -0.0195 e. The van der Waals surface area contributed by atoms with Gasteiger partial charge in [-0.1, -0.05) is 47.5 Å². The number of hydrogen-bond donors (Lipinski definition) is 0. The van der Waals surface area contributed by atoms with Crippen LogP contribution in [-0.2, 0) is 30.3 Å². The summed E-state index contributed by atoms with van der Waals surface area (Å²) in [4.78, 5) is 0. The van der Waals surface area contributed by atoms with Crippen LogP contribution in [-0.4, -0.2) is 3.26 Å². The molecule has 2 aliphatic rings. The van der Waals surface area contributed by atoms with E-state index in [0.717, 1.165) is 12.8 Å². The van der Waals surface area contributed by atoms with Gasteiger partial charge in [-0.3, -0.25) is 0 Å². The van der Waals surface area contributed by atoms with E-state index in [-0.39, 0.29) is 24.8 Å². The third-order valence-corrected chi connectivity index (χ3v) is 3.82. The summed E-state index contributed by atoms with van der Waals surface area (Å²) < 4.78 is 1.56. The number of allylic oxidation sites excluding steroid dienone is 4. The maximum atomic E-state index is 3.61. The predicted octanol–water partition coefficient (Wildman–Crippen LogP) is -0.845. The average Bonchev–Trinajstić information content (AvgIpc) is 3.13. The van der Waals surface area contributed by atoms with Crippen LogP contribution >= 0.6 is 0 Å². The summed E-state index contributed by atoms with van der Waals surface area (Å²) in [5, 5.41) is 0. The molecular weight excluding hydrogens is 502 g/mol. The van der Waals surface area contributed by atoms with Crippen LogP contribution in [0.15, 0.2) is 54.6 Å². The Bertz CT molecular complexity index is 784. The molecule has 0 aliphatic heterocycles. The van der Waals surface area contributed by atoms with E-state index in [9.17, 15) is 0 Å². The van der Waals surface area contributed by atoms with Crippen LogP contribution < -0.4 is 24.8 Å². The molecule has 0 N–H and O–H groups in total. The topological polar surface area (TPSA) is 0 Å². The van der Waals surface area contributed by atoms with Gasteiger partial charge < -0.3 is 24.8 Å². The zero-order valence-electron chi connectivity index (χ0n) is 13.9. The fourth-order valence-electron chi connectivity index (χ4n) is 2.89. The zero-order valence-corrected chi connectivity index (χ0v) is 19.0. The molecule has 2 aromatic carbocycles. The molecule has 0 radical (unpaired) electrons. The second kappa shape index (κ2) is 9.65. The van der Waals surface area contributed by atoms with Gasteiger partial charge in [0, 0.05) is 0 Å². The minimum atomic E-state index is 0. The van der Waals surface area contributed by atoms with Crippen molar-refractivity contribution < 1.29 is 48.7 Å². The molecule has 3 heteroatoms. The van der Waals surface area contributed by atoms with Crippen molar-refractivity contribution in [1.82, 2.24) is 0 Å². The van der Waals surface area contributed by atoms with Gasteiger partial charge in [0.15, 0.2) is 0 Å². The molecule has 0 atom stereocenters. The maximum absolute atomic E-state index is 3.61. The van der Waals surface area contributed by atoms with E-state index in [0.29, 0.717) is 0 Å². The number of benzene rings is 2. The van der Waals surface area contributed by atoms with Crippen LogP contribution in [0.3, 0.4) is 0 Å². The Morgan fingerprint density at radius 3 is 2.38 bits per heavy atom. The Kier molecular flexibility index (Phi) is 8.56. The molecule has 2 aromatic rings. The normalized spacial score (nSPS) is 12.8. The van der Waals surface area contributed by atoms with Crippen molar-refractivity contribution in [3.8, 4) is 11.1 Å². The van der Waals surface area contributed by atoms with Crippen molar-refractivity contribution >= 4 is 8.83 Å². The molecule has 0 unspecified atom stereocenters. The third-order valence-electron chi connectivity index (χ3n) is 3.82. The van der Waals surface area contributed by atoms with Crippen LogP contribution in [0.4, 0.5) is 0 Å². The molecule has 2 aliphatic carbocycles. The number of rotatable bonds is 1. The molecule has 4 rings (SSSR count). The Morgan fingerprint density at radius 1 is 1.00 bits per heavy atom. The van der Waals surface area contributed by atoms with E-state index in [2.05, 4.69) is 74.5 Å². The molecule has 24 heavy (non-hydrogen) atoms. The Morgan fingerprint density at radius 2 is 1.71 bits per heavy atom. The Labute approximate surface area is 171 Å². The molecule has 0 saturated carbocycles. The second-order valence-corrected chi connectivity index (χ2v) is 9.52. The Balaban J connectivity index is 0.000000438. The SMILES string of the molecule is C[C](C)=[Hf+2].[Cl-].[Cl-].[c-]1c(C2=CC=CC2)ccc2c1Cc1ccccc1-2. The first-order chi connectivity index (χ1) is 10.6. The van der Waals surface area contributed by atoms with E-state index in [1.165, 1.54) is 57.3 Å². The molecule has 0 fully saturated rings. The summed E-state index contributed by atoms with van der Waals surface area (Å²) >= 11 is 1.27. The molecule has 0 amide bonds. The fraction of sp³-hybridized carbons (Fsp3) is 0.190. The van der Waals surface area contributed by atoms with Gasteiger partial charge in [-0.15, -0.1) is 41.0 Å². The number of hydrogen-bond acceptors (Lipinski definition) is 0. The molecule has 122 valence electrons. The smallest absolute Gasteiger partial charge is 0.0195 e. The molecule has 0 spiro atoms. The summed E-state index contributed by atoms with van der Waals surface area (Å²) in [7, 11) is 0. The van der Waals surface area contributed by atoms with E-state index in [4.69, 9.17) is 0 Å². The number of fused-ring (bicyclic) bond motifs is 3. The van der Waals surface area contributed by atoms with Gasteiger partial charge in [0.1, 0.15) is 0 Å². The van der Waals surface area contributed by atoms with Crippen LogP contribution in [0, 0.1) is 6.07 Å². The van der Waals surface area contributed by atoms with E-state index < -0.39 is 0 Å². The quantitative estimate of drug-likeness (QED) is 0.290. The molecule has 0 saturated heterocycles. The summed E-state index contributed by atoms with van der Waals surface area (Å²) in [5.74, 6) is 0. The van der Waals surface area contributed by atoms with Crippen molar-refractivity contribution in [2.75, 3.05) is 0 Å². The van der Waals surface area contributed by atoms with Crippen molar-refractivity contribution in [3.05, 3.63) is 77.4 Å². The Hall–Kier alpha value is -0.760. The van der Waals surface area contributed by atoms with Crippen LogP contribution in [0.2, 0.25) is 0 Å². The standard InChI is InChI=1S/C18H13.C3H6.2ClH.Hf/c1-2-6-13(5-1)14-9-10-18-16(11-14)12-15-7-3-4-8-17(15)18;1-3-2;;;/h1-5,7-10H,6,12H2;1-2H3;2*1H;/q-1;;;;+2/p-2. The van der Waals surface area contributed by atoms with E-state index in [1.54, 1.807) is 3.26 Å². The first kappa shape index (κ1) is 21.3. The molecular formula is C21H19Cl2Hf-. The van der Waals surface area contributed by atoms with E-state index in [1.807, 2.05) is 0 Å². The molecule has 0 bridgehead atoms. The van der Waals surface area contributed by atoms with Crippen LogP contribution in [0.5, 0.6) is 0 Å². The molecule has 0 heterocycles. The van der Waals surface area contributed by atoms with Crippen molar-refractivity contribution in [3.63, 3.8) is 0 Å². The summed E-state index contributed by atoms with van der Waals surface area (Å²) in [6.45, 7) is 4.29. The minimum Gasteiger partial charge on any atom is -1.00 e. The van der Waals surface area contributed by atoms with Gasteiger partial charge in [-0.2, -0.15) is 0 Å². The van der Waals surface area contributed by atoms with Crippen molar-refractivity contribution in [2.24, 2.45) is 0 Å². The average molecular weight is 521 g/mol. The summed E-state index contributed by atoms with van der Waals surface area (Å²) in [6.07, 6.45) is 8.60. The zero-order chi connectivity index (χ0) is 15.5. The summed E-state index contributed by atoms with van der Waals surface area (Å²) in [5.41, 5.74) is 8.16. The summed E-state index contributed by atoms with van der Waals surface area (Å²) in [6, 6.07) is 16.7. The monoisotopic (exact) mass is 521 g/mol.